The number of nitrogens with one attached hydrogen (secondary N) is 2. The van der Waals surface area contributed by atoms with Crippen LogP contribution in [0.5, 0.6) is 0 Å². The maximum absolute atomic E-state index is 13.9. The Kier molecular flexibility index (Phi) is 5.50. The fraction of sp³-hybridized carbons (Fsp3) is 0.611. The van der Waals surface area contributed by atoms with Crippen LogP contribution in [0.3, 0.4) is 0 Å². The third kappa shape index (κ3) is 5.73. The third-order valence-electron chi connectivity index (χ3n) is 3.93. The van der Waals surface area contributed by atoms with E-state index in [1.54, 1.807) is 32.9 Å². The van der Waals surface area contributed by atoms with E-state index < -0.39 is 17.5 Å². The summed E-state index contributed by atoms with van der Waals surface area (Å²) in [5.41, 5.74) is 0.303. The number of anilines is 2. The van der Waals surface area contributed by atoms with Gasteiger partial charge in [0.25, 0.3) is 0 Å². The lowest BCUT2D eigenvalue weighted by Crippen LogP contribution is -2.27. The van der Waals surface area contributed by atoms with E-state index in [1.165, 1.54) is 25.3 Å². The maximum atomic E-state index is 13.9. The molecular weight excluding hydrogens is 295 g/mol. The van der Waals surface area contributed by atoms with Crippen LogP contribution in [0.1, 0.15) is 53.4 Å². The molecular formula is C18H27FN2O2. The van der Waals surface area contributed by atoms with Gasteiger partial charge >= 0.3 is 6.09 Å². The van der Waals surface area contributed by atoms with Crippen molar-refractivity contribution in [3.63, 3.8) is 0 Å². The van der Waals surface area contributed by atoms with Gasteiger partial charge in [-0.15, -0.1) is 0 Å². The molecule has 0 saturated heterocycles. The summed E-state index contributed by atoms with van der Waals surface area (Å²) in [6.07, 6.45) is 4.40. The summed E-state index contributed by atoms with van der Waals surface area (Å²) >= 11 is 0. The van der Waals surface area contributed by atoms with Gasteiger partial charge in [-0.2, -0.15) is 0 Å². The number of hydrogen-bond donors (Lipinski definition) is 2. The molecule has 0 aliphatic heterocycles. The van der Waals surface area contributed by atoms with Crippen molar-refractivity contribution >= 4 is 17.5 Å². The van der Waals surface area contributed by atoms with E-state index >= 15 is 0 Å². The molecule has 0 radical (unpaired) electrons. The minimum Gasteiger partial charge on any atom is -0.444 e. The number of carbonyl (C=O) groups is 1. The lowest BCUT2D eigenvalue weighted by molar-refractivity contribution is 0.0635. The molecule has 1 aromatic rings. The molecule has 23 heavy (non-hydrogen) atoms. The second-order valence-corrected chi connectivity index (χ2v) is 7.40. The minimum atomic E-state index is -0.656. The highest BCUT2D eigenvalue weighted by Gasteiger charge is 2.20. The van der Waals surface area contributed by atoms with Crippen LogP contribution in [0.25, 0.3) is 0 Å². The van der Waals surface area contributed by atoms with Crippen molar-refractivity contribution in [3.8, 4) is 0 Å². The normalized spacial score (nSPS) is 16.4. The average molecular weight is 322 g/mol. The molecule has 1 aliphatic carbocycles. The first-order valence-corrected chi connectivity index (χ1v) is 8.29. The van der Waals surface area contributed by atoms with Gasteiger partial charge in [-0.25, -0.2) is 9.18 Å². The number of halogens is 1. The molecule has 0 aromatic heterocycles. The third-order valence-corrected chi connectivity index (χ3v) is 3.93. The number of carbonyl (C=O) groups excluding carboxylic acids is 1. The molecule has 5 heteroatoms. The number of hydrogen-bond acceptors (Lipinski definition) is 3. The lowest BCUT2D eigenvalue weighted by Gasteiger charge is -2.29. The number of benzene rings is 1. The van der Waals surface area contributed by atoms with Gasteiger partial charge in [-0.05, 0) is 58.2 Å². The molecule has 4 nitrogen and oxygen atoms in total. The molecule has 1 aliphatic rings. The molecule has 0 heterocycles. The van der Waals surface area contributed by atoms with Gasteiger partial charge < -0.3 is 10.1 Å². The molecule has 1 unspecified atom stereocenters. The van der Waals surface area contributed by atoms with Crippen molar-refractivity contribution in [3.05, 3.63) is 24.0 Å². The van der Waals surface area contributed by atoms with Crippen LogP contribution in [0, 0.1) is 11.7 Å². The molecule has 1 fully saturated rings. The molecule has 2 N–H and O–H groups in total. The summed E-state index contributed by atoms with van der Waals surface area (Å²) in [7, 11) is 0. The van der Waals surface area contributed by atoms with E-state index in [2.05, 4.69) is 17.6 Å². The van der Waals surface area contributed by atoms with Crippen LogP contribution in [0.15, 0.2) is 18.2 Å². The first-order valence-electron chi connectivity index (χ1n) is 8.29. The fourth-order valence-electron chi connectivity index (χ4n) is 2.70. The predicted octanol–water partition coefficient (Wildman–Crippen LogP) is 5.16. The monoisotopic (exact) mass is 322 g/mol. The van der Waals surface area contributed by atoms with E-state index in [0.717, 1.165) is 18.0 Å². The Labute approximate surface area is 137 Å². The Bertz CT molecular complexity index is 550. The topological polar surface area (TPSA) is 50.4 Å². The van der Waals surface area contributed by atoms with Gasteiger partial charge in [0.15, 0.2) is 0 Å². The van der Waals surface area contributed by atoms with E-state index in [9.17, 15) is 9.18 Å². The van der Waals surface area contributed by atoms with Crippen LogP contribution in [0.2, 0.25) is 0 Å². The highest BCUT2D eigenvalue weighted by molar-refractivity contribution is 5.85. The fourth-order valence-corrected chi connectivity index (χ4v) is 2.70. The van der Waals surface area contributed by atoms with Crippen LogP contribution in [-0.4, -0.2) is 17.7 Å². The highest BCUT2D eigenvalue weighted by atomic mass is 19.1. The van der Waals surface area contributed by atoms with Crippen molar-refractivity contribution in [2.45, 2.75) is 65.0 Å². The molecule has 0 bridgehead atoms. The zero-order chi connectivity index (χ0) is 17.0. The quantitative estimate of drug-likeness (QED) is 0.787. The molecule has 1 atom stereocenters. The number of amides is 1. The van der Waals surface area contributed by atoms with E-state index in [1.807, 2.05) is 0 Å². The number of ether oxygens (including phenoxy) is 1. The summed E-state index contributed by atoms with van der Waals surface area (Å²) in [6.45, 7) is 7.43. The van der Waals surface area contributed by atoms with Crippen molar-refractivity contribution in [1.29, 1.82) is 0 Å². The van der Waals surface area contributed by atoms with Gasteiger partial charge in [-0.1, -0.05) is 19.3 Å². The number of rotatable bonds is 5. The van der Waals surface area contributed by atoms with Gasteiger partial charge in [0.2, 0.25) is 0 Å². The zero-order valence-electron chi connectivity index (χ0n) is 14.4. The molecule has 1 aromatic carbocycles. The van der Waals surface area contributed by atoms with Crippen molar-refractivity contribution in [2.24, 2.45) is 5.92 Å². The van der Waals surface area contributed by atoms with Crippen molar-refractivity contribution in [2.75, 3.05) is 10.6 Å². The van der Waals surface area contributed by atoms with Crippen LogP contribution >= 0.6 is 0 Å². The predicted molar refractivity (Wildman–Crippen MR) is 91.3 cm³/mol. The molecule has 1 saturated carbocycles. The Hall–Kier alpha value is -1.78. The largest absolute Gasteiger partial charge is 0.444 e. The zero-order valence-corrected chi connectivity index (χ0v) is 14.4. The van der Waals surface area contributed by atoms with Crippen LogP contribution in [-0.2, 0) is 4.74 Å². The average Bonchev–Trinajstić information content (AvgIpc) is 2.36. The van der Waals surface area contributed by atoms with Crippen molar-refractivity contribution < 1.29 is 13.9 Å². The lowest BCUT2D eigenvalue weighted by atomic mass is 9.81. The smallest absolute Gasteiger partial charge is 0.412 e. The Morgan fingerprint density at radius 1 is 1.39 bits per heavy atom. The molecule has 2 rings (SSSR count). The molecule has 1 amide bonds. The van der Waals surface area contributed by atoms with E-state index in [0.29, 0.717) is 6.04 Å². The van der Waals surface area contributed by atoms with Gasteiger partial charge in [0.05, 0.1) is 5.69 Å². The second-order valence-electron chi connectivity index (χ2n) is 7.40. The molecule has 0 spiro atoms. The standard InChI is InChI=1S/C18H27FN2O2/c1-12(10-13-6-5-7-13)20-14-8-9-15(19)16(11-14)21-17(22)23-18(2,3)4/h8-9,11-13,20H,5-7,10H2,1-4H3,(H,21,22). The maximum Gasteiger partial charge on any atom is 0.412 e. The van der Waals surface area contributed by atoms with E-state index in [-0.39, 0.29) is 5.69 Å². The summed E-state index contributed by atoms with van der Waals surface area (Å²) in [5, 5.41) is 5.84. The van der Waals surface area contributed by atoms with Gasteiger partial charge in [0, 0.05) is 11.7 Å². The van der Waals surface area contributed by atoms with Crippen LogP contribution in [0.4, 0.5) is 20.6 Å². The summed E-state index contributed by atoms with van der Waals surface area (Å²) in [6, 6.07) is 4.97. The Morgan fingerprint density at radius 2 is 2.09 bits per heavy atom. The Balaban J connectivity index is 1.96. The first kappa shape index (κ1) is 17.6. The van der Waals surface area contributed by atoms with Gasteiger partial charge in [-0.3, -0.25) is 5.32 Å². The summed E-state index contributed by atoms with van der Waals surface area (Å²) < 4.78 is 19.0. The van der Waals surface area contributed by atoms with Crippen molar-refractivity contribution in [1.82, 2.24) is 0 Å². The Morgan fingerprint density at radius 3 is 2.65 bits per heavy atom. The highest BCUT2D eigenvalue weighted by Crippen LogP contribution is 2.31. The first-order chi connectivity index (χ1) is 10.7. The molecule has 128 valence electrons. The van der Waals surface area contributed by atoms with Gasteiger partial charge in [0.1, 0.15) is 11.4 Å². The summed E-state index contributed by atoms with van der Waals surface area (Å²) in [4.78, 5) is 11.8. The second kappa shape index (κ2) is 7.20. The van der Waals surface area contributed by atoms with Crippen LogP contribution < -0.4 is 10.6 Å². The summed E-state index contributed by atoms with van der Waals surface area (Å²) in [5.74, 6) is 0.324. The van der Waals surface area contributed by atoms with E-state index in [4.69, 9.17) is 4.74 Å². The minimum absolute atomic E-state index is 0.125. The SMILES string of the molecule is CC(CC1CCC1)Nc1ccc(F)c(NC(=O)OC(C)(C)C)c1.